The SMILES string of the molecule is C[N+](C)(C)CCOP(=O)(O)OC[C@@H](COC(=O)CCCCCCCCCCS)OC(=O)CCCCCCCCCCS. The number of phosphoric acid groups is 1. The highest BCUT2D eigenvalue weighted by atomic mass is 32.1. The fourth-order valence-corrected chi connectivity index (χ4v) is 5.34. The summed E-state index contributed by atoms with van der Waals surface area (Å²) >= 11 is 8.46. The minimum absolute atomic E-state index is 0.0293. The molecule has 0 amide bonds. The maximum Gasteiger partial charge on any atom is 0.472 e. The summed E-state index contributed by atoms with van der Waals surface area (Å²) in [5.41, 5.74) is 0. The molecule has 0 aromatic rings. The van der Waals surface area contributed by atoms with Crippen LogP contribution in [-0.2, 0) is 32.7 Å². The number of carbonyl (C=O) groups is 2. The fraction of sp³-hybridized carbons (Fsp3) is 0.933. The van der Waals surface area contributed by atoms with E-state index in [4.69, 9.17) is 18.5 Å². The number of hydrogen-bond acceptors (Lipinski definition) is 9. The van der Waals surface area contributed by atoms with Gasteiger partial charge in [-0.1, -0.05) is 77.0 Å². The number of esters is 2. The molecule has 0 aliphatic rings. The highest BCUT2D eigenvalue weighted by Gasteiger charge is 2.27. The molecule has 0 saturated carbocycles. The molecule has 42 heavy (non-hydrogen) atoms. The molecule has 1 unspecified atom stereocenters. The molecule has 0 heterocycles. The van der Waals surface area contributed by atoms with Gasteiger partial charge in [-0.3, -0.25) is 18.6 Å². The van der Waals surface area contributed by atoms with E-state index in [9.17, 15) is 19.0 Å². The normalized spacial score (nSPS) is 14.0. The van der Waals surface area contributed by atoms with Crippen LogP contribution in [0.1, 0.15) is 116 Å². The molecule has 1 N–H and O–H groups in total. The first-order chi connectivity index (χ1) is 20.0. The molecule has 0 spiro atoms. The number of hydrogen-bond donors (Lipinski definition) is 3. The van der Waals surface area contributed by atoms with E-state index in [2.05, 4.69) is 25.3 Å². The third-order valence-corrected chi connectivity index (χ3v) is 8.36. The standard InChI is InChI=1S/C30H60NO8PS2/c1-31(2,3)22-23-37-40(34,35)38-27-28(39-30(33)21-17-13-9-5-7-11-15-19-25-42)26-36-29(32)20-16-12-8-4-6-10-14-18-24-41/h28H,4-27H2,1-3H3,(H2-,34,35,41,42)/p+1/t28-/m1/s1. The molecule has 0 aromatic carbocycles. The van der Waals surface area contributed by atoms with Gasteiger partial charge in [-0.25, -0.2) is 4.57 Å². The van der Waals surface area contributed by atoms with E-state index < -0.39 is 26.5 Å². The van der Waals surface area contributed by atoms with Gasteiger partial charge in [0.15, 0.2) is 6.10 Å². The molecule has 0 radical (unpaired) electrons. The van der Waals surface area contributed by atoms with Crippen LogP contribution in [0.4, 0.5) is 0 Å². The molecule has 2 atom stereocenters. The molecule has 0 fully saturated rings. The Bertz CT molecular complexity index is 724. The topological polar surface area (TPSA) is 108 Å². The van der Waals surface area contributed by atoms with Crippen molar-refractivity contribution >= 4 is 45.0 Å². The molecule has 12 heteroatoms. The number of likely N-dealkylation sites (N-methyl/N-ethyl adjacent to an activating group) is 1. The first kappa shape index (κ1) is 41.7. The average Bonchev–Trinajstić information content (AvgIpc) is 2.92. The van der Waals surface area contributed by atoms with Crippen molar-refractivity contribution in [2.45, 2.75) is 122 Å². The van der Waals surface area contributed by atoms with Gasteiger partial charge in [-0.15, -0.1) is 0 Å². The van der Waals surface area contributed by atoms with Crippen molar-refractivity contribution in [2.24, 2.45) is 0 Å². The minimum atomic E-state index is -4.36. The van der Waals surface area contributed by atoms with Gasteiger partial charge in [0.05, 0.1) is 27.7 Å². The van der Waals surface area contributed by atoms with E-state index >= 15 is 0 Å². The lowest BCUT2D eigenvalue weighted by atomic mass is 10.1. The summed E-state index contributed by atoms with van der Waals surface area (Å²) in [6, 6.07) is 0. The molecular weight excluding hydrogens is 597 g/mol. The van der Waals surface area contributed by atoms with Crippen LogP contribution in [0.25, 0.3) is 0 Å². The van der Waals surface area contributed by atoms with Gasteiger partial charge in [0.25, 0.3) is 0 Å². The number of rotatable bonds is 30. The van der Waals surface area contributed by atoms with Crippen LogP contribution in [0, 0.1) is 0 Å². The molecule has 9 nitrogen and oxygen atoms in total. The van der Waals surface area contributed by atoms with Gasteiger partial charge in [0.1, 0.15) is 19.8 Å². The molecule has 0 aliphatic heterocycles. The molecule has 0 bridgehead atoms. The van der Waals surface area contributed by atoms with Gasteiger partial charge in [0.2, 0.25) is 0 Å². The van der Waals surface area contributed by atoms with Crippen LogP contribution in [-0.4, -0.2) is 86.4 Å². The lowest BCUT2D eigenvalue weighted by Gasteiger charge is -2.24. The number of carbonyl (C=O) groups excluding carboxylic acids is 2. The van der Waals surface area contributed by atoms with Crippen molar-refractivity contribution in [3.05, 3.63) is 0 Å². The Kier molecular flexibility index (Phi) is 26.9. The Balaban J connectivity index is 4.51. The van der Waals surface area contributed by atoms with Crippen LogP contribution < -0.4 is 0 Å². The van der Waals surface area contributed by atoms with Crippen LogP contribution in [0.2, 0.25) is 0 Å². The number of quaternary nitrogens is 1. The van der Waals surface area contributed by atoms with Crippen LogP contribution in [0.15, 0.2) is 0 Å². The number of phosphoric ester groups is 1. The highest BCUT2D eigenvalue weighted by molar-refractivity contribution is 7.80. The van der Waals surface area contributed by atoms with Gasteiger partial charge in [-0.05, 0) is 37.2 Å². The Morgan fingerprint density at radius 3 is 1.55 bits per heavy atom. The van der Waals surface area contributed by atoms with Crippen molar-refractivity contribution in [1.29, 1.82) is 0 Å². The maximum absolute atomic E-state index is 12.5. The zero-order valence-corrected chi connectivity index (χ0v) is 29.3. The van der Waals surface area contributed by atoms with E-state index in [0.717, 1.165) is 69.3 Å². The monoisotopic (exact) mass is 658 g/mol. The van der Waals surface area contributed by atoms with Gasteiger partial charge < -0.3 is 18.9 Å². The lowest BCUT2D eigenvalue weighted by molar-refractivity contribution is -0.870. The van der Waals surface area contributed by atoms with E-state index in [1.807, 2.05) is 21.1 Å². The van der Waals surface area contributed by atoms with Crippen molar-refractivity contribution in [2.75, 3.05) is 59.0 Å². The summed E-state index contributed by atoms with van der Waals surface area (Å²) in [4.78, 5) is 34.8. The van der Waals surface area contributed by atoms with Crippen molar-refractivity contribution < 1.29 is 42.1 Å². The summed E-state index contributed by atoms with van der Waals surface area (Å²) in [6.07, 6.45) is 16.9. The third kappa shape index (κ3) is 29.8. The Morgan fingerprint density at radius 2 is 1.10 bits per heavy atom. The summed E-state index contributed by atoms with van der Waals surface area (Å²) in [5, 5.41) is 0. The lowest BCUT2D eigenvalue weighted by Crippen LogP contribution is -2.37. The second-order valence-corrected chi connectivity index (χ2v) is 14.4. The molecule has 0 saturated heterocycles. The fourth-order valence-electron chi connectivity index (χ4n) is 4.15. The van der Waals surface area contributed by atoms with Crippen LogP contribution >= 0.6 is 33.1 Å². The first-order valence-corrected chi connectivity index (χ1v) is 18.7. The largest absolute Gasteiger partial charge is 0.472 e. The highest BCUT2D eigenvalue weighted by Crippen LogP contribution is 2.43. The minimum Gasteiger partial charge on any atom is -0.462 e. The summed E-state index contributed by atoms with van der Waals surface area (Å²) in [7, 11) is 1.46. The van der Waals surface area contributed by atoms with E-state index in [0.29, 0.717) is 17.4 Å². The van der Waals surface area contributed by atoms with E-state index in [-0.39, 0.29) is 32.0 Å². The maximum atomic E-state index is 12.5. The smallest absolute Gasteiger partial charge is 0.462 e. The number of thiol groups is 2. The van der Waals surface area contributed by atoms with Gasteiger partial charge >= 0.3 is 19.8 Å². The second kappa shape index (κ2) is 27.1. The zero-order valence-electron chi connectivity index (χ0n) is 26.6. The number of ether oxygens (including phenoxy) is 2. The van der Waals surface area contributed by atoms with Crippen molar-refractivity contribution in [1.82, 2.24) is 0 Å². The Morgan fingerprint density at radius 1 is 0.667 bits per heavy atom. The van der Waals surface area contributed by atoms with Crippen molar-refractivity contribution in [3.63, 3.8) is 0 Å². The summed E-state index contributed by atoms with van der Waals surface area (Å²) in [6.45, 7) is -0.102. The molecule has 0 aliphatic carbocycles. The Labute approximate surface area is 267 Å². The quantitative estimate of drug-likeness (QED) is 0.0245. The zero-order chi connectivity index (χ0) is 31.5. The average molecular weight is 659 g/mol. The number of unbranched alkanes of at least 4 members (excludes halogenated alkanes) is 14. The van der Waals surface area contributed by atoms with Crippen molar-refractivity contribution in [3.8, 4) is 0 Å². The van der Waals surface area contributed by atoms with Crippen LogP contribution in [0.3, 0.4) is 0 Å². The molecule has 0 aromatic heterocycles. The molecule has 0 rings (SSSR count). The van der Waals surface area contributed by atoms with E-state index in [1.54, 1.807) is 0 Å². The van der Waals surface area contributed by atoms with Gasteiger partial charge in [0, 0.05) is 12.8 Å². The predicted octanol–water partition coefficient (Wildman–Crippen LogP) is 7.16. The number of nitrogens with zero attached hydrogens (tertiary/aromatic N) is 1. The molecule has 250 valence electrons. The molecular formula is C30H61NO8PS2+. The summed E-state index contributed by atoms with van der Waals surface area (Å²) < 4.78 is 33.9. The third-order valence-electron chi connectivity index (χ3n) is 6.75. The summed E-state index contributed by atoms with van der Waals surface area (Å²) in [5.74, 6) is 1.05. The predicted molar refractivity (Wildman–Crippen MR) is 176 cm³/mol. The van der Waals surface area contributed by atoms with Gasteiger partial charge in [-0.2, -0.15) is 25.3 Å². The van der Waals surface area contributed by atoms with E-state index in [1.165, 1.54) is 38.5 Å². The van der Waals surface area contributed by atoms with Crippen LogP contribution in [0.5, 0.6) is 0 Å². The Hall–Kier alpha value is -0.290. The first-order valence-electron chi connectivity index (χ1n) is 16.0. The second-order valence-electron chi connectivity index (χ2n) is 12.0.